The molecule has 0 N–H and O–H groups in total. The second-order valence-electron chi connectivity index (χ2n) is 9.10. The molecule has 1 aliphatic rings. The molecular weight excluding hydrogens is 376 g/mol. The topological polar surface area (TPSA) is 62.5 Å². The van der Waals surface area contributed by atoms with Crippen LogP contribution in [0.4, 0.5) is 0 Å². The van der Waals surface area contributed by atoms with E-state index in [1.807, 2.05) is 48.4 Å². The summed E-state index contributed by atoms with van der Waals surface area (Å²) in [4.78, 5) is 26.6. The molecule has 0 unspecified atom stereocenters. The van der Waals surface area contributed by atoms with Gasteiger partial charge in [-0.1, -0.05) is 39.0 Å². The second kappa shape index (κ2) is 8.19. The normalized spacial score (nSPS) is 16.1. The van der Waals surface area contributed by atoms with Crippen LogP contribution in [0, 0.1) is 6.92 Å². The minimum absolute atomic E-state index is 0.0427. The SMILES string of the molecule is Cc1nc2ccccc2cc1C(=O)N1CCCN(Cc2ncc(C(C)(C)C)o2)CC1. The maximum absolute atomic E-state index is 13.2. The van der Waals surface area contributed by atoms with E-state index in [4.69, 9.17) is 4.42 Å². The molecule has 0 spiro atoms. The zero-order valence-corrected chi connectivity index (χ0v) is 18.3. The van der Waals surface area contributed by atoms with Crippen LogP contribution in [-0.4, -0.2) is 51.9 Å². The molecule has 3 heterocycles. The highest BCUT2D eigenvalue weighted by Gasteiger charge is 2.24. The molecule has 158 valence electrons. The number of oxazole rings is 1. The molecule has 1 saturated heterocycles. The van der Waals surface area contributed by atoms with Gasteiger partial charge in [-0.2, -0.15) is 0 Å². The van der Waals surface area contributed by atoms with Crippen molar-refractivity contribution in [3.05, 3.63) is 59.4 Å². The van der Waals surface area contributed by atoms with E-state index in [9.17, 15) is 4.79 Å². The van der Waals surface area contributed by atoms with Crippen LogP contribution in [0.25, 0.3) is 10.9 Å². The van der Waals surface area contributed by atoms with Gasteiger partial charge in [-0.05, 0) is 25.5 Å². The fourth-order valence-electron chi connectivity index (χ4n) is 3.85. The van der Waals surface area contributed by atoms with Crippen molar-refractivity contribution >= 4 is 16.8 Å². The largest absolute Gasteiger partial charge is 0.444 e. The third-order valence-corrected chi connectivity index (χ3v) is 5.67. The first-order valence-corrected chi connectivity index (χ1v) is 10.6. The van der Waals surface area contributed by atoms with Gasteiger partial charge in [0, 0.05) is 37.0 Å². The van der Waals surface area contributed by atoms with Crippen molar-refractivity contribution in [2.75, 3.05) is 26.2 Å². The minimum Gasteiger partial charge on any atom is -0.444 e. The van der Waals surface area contributed by atoms with Gasteiger partial charge in [0.25, 0.3) is 5.91 Å². The average Bonchev–Trinajstić information content (AvgIpc) is 3.06. The molecule has 6 nitrogen and oxygen atoms in total. The Morgan fingerprint density at radius 3 is 2.70 bits per heavy atom. The number of benzene rings is 1. The molecule has 2 aromatic heterocycles. The van der Waals surface area contributed by atoms with Crippen LogP contribution < -0.4 is 0 Å². The number of aryl methyl sites for hydroxylation is 1. The van der Waals surface area contributed by atoms with Crippen molar-refractivity contribution in [2.45, 2.75) is 46.1 Å². The number of nitrogens with zero attached hydrogens (tertiary/aromatic N) is 4. The van der Waals surface area contributed by atoms with E-state index >= 15 is 0 Å². The van der Waals surface area contributed by atoms with Gasteiger partial charge < -0.3 is 9.32 Å². The zero-order chi connectivity index (χ0) is 21.3. The fourth-order valence-corrected chi connectivity index (χ4v) is 3.85. The molecule has 30 heavy (non-hydrogen) atoms. The van der Waals surface area contributed by atoms with Gasteiger partial charge in [0.15, 0.2) is 0 Å². The van der Waals surface area contributed by atoms with E-state index in [0.717, 1.165) is 54.3 Å². The summed E-state index contributed by atoms with van der Waals surface area (Å²) in [5.74, 6) is 1.72. The molecule has 6 heteroatoms. The van der Waals surface area contributed by atoms with E-state index in [-0.39, 0.29) is 11.3 Å². The van der Waals surface area contributed by atoms with Crippen LogP contribution >= 0.6 is 0 Å². The highest BCUT2D eigenvalue weighted by Crippen LogP contribution is 2.23. The van der Waals surface area contributed by atoms with E-state index < -0.39 is 0 Å². The van der Waals surface area contributed by atoms with E-state index in [1.54, 1.807) is 0 Å². The second-order valence-corrected chi connectivity index (χ2v) is 9.10. The van der Waals surface area contributed by atoms with Gasteiger partial charge >= 0.3 is 0 Å². The Morgan fingerprint density at radius 1 is 1.13 bits per heavy atom. The Balaban J connectivity index is 1.43. The molecule has 0 radical (unpaired) electrons. The third kappa shape index (κ3) is 4.38. The molecule has 4 rings (SSSR count). The summed E-state index contributed by atoms with van der Waals surface area (Å²) in [5, 5.41) is 1.00. The molecule has 0 bridgehead atoms. The third-order valence-electron chi connectivity index (χ3n) is 5.67. The van der Waals surface area contributed by atoms with Crippen LogP contribution in [0.3, 0.4) is 0 Å². The molecular formula is C24H30N4O2. The summed E-state index contributed by atoms with van der Waals surface area (Å²) >= 11 is 0. The van der Waals surface area contributed by atoms with Gasteiger partial charge in [0.1, 0.15) is 5.76 Å². The minimum atomic E-state index is -0.0427. The maximum atomic E-state index is 13.2. The molecule has 0 atom stereocenters. The van der Waals surface area contributed by atoms with Gasteiger partial charge in [0.2, 0.25) is 5.89 Å². The lowest BCUT2D eigenvalue weighted by atomic mass is 9.94. The Labute approximate surface area is 177 Å². The van der Waals surface area contributed by atoms with E-state index in [1.165, 1.54) is 0 Å². The summed E-state index contributed by atoms with van der Waals surface area (Å²) < 4.78 is 5.95. The van der Waals surface area contributed by atoms with Crippen LogP contribution in [0.5, 0.6) is 0 Å². The number of aromatic nitrogens is 2. The van der Waals surface area contributed by atoms with Crippen molar-refractivity contribution in [1.29, 1.82) is 0 Å². The van der Waals surface area contributed by atoms with Gasteiger partial charge in [-0.15, -0.1) is 0 Å². The number of pyridine rings is 1. The number of carbonyl (C=O) groups excluding carboxylic acids is 1. The molecule has 3 aromatic rings. The lowest BCUT2D eigenvalue weighted by molar-refractivity contribution is 0.0759. The number of amides is 1. The zero-order valence-electron chi connectivity index (χ0n) is 18.3. The molecule has 0 aliphatic carbocycles. The summed E-state index contributed by atoms with van der Waals surface area (Å²) in [6, 6.07) is 9.91. The number of hydrogen-bond acceptors (Lipinski definition) is 5. The van der Waals surface area contributed by atoms with Gasteiger partial charge in [-0.3, -0.25) is 14.7 Å². The Bertz CT molecular complexity index is 1050. The fraction of sp³-hybridized carbons (Fsp3) is 0.458. The molecule has 1 amide bonds. The lowest BCUT2D eigenvalue weighted by Gasteiger charge is -2.22. The number of para-hydroxylation sites is 1. The lowest BCUT2D eigenvalue weighted by Crippen LogP contribution is -2.35. The standard InChI is InChI=1S/C24H30N4O2/c1-17-19(14-18-8-5-6-9-20(18)26-17)23(29)28-11-7-10-27(12-13-28)16-22-25-15-21(30-22)24(2,3)4/h5-6,8-9,14-15H,7,10-13,16H2,1-4H3. The first kappa shape index (κ1) is 20.5. The number of rotatable bonds is 3. The van der Waals surface area contributed by atoms with E-state index in [0.29, 0.717) is 18.7 Å². The number of carbonyl (C=O) groups is 1. The first-order valence-electron chi connectivity index (χ1n) is 10.6. The highest BCUT2D eigenvalue weighted by molar-refractivity contribution is 5.98. The van der Waals surface area contributed by atoms with Crippen molar-refractivity contribution < 1.29 is 9.21 Å². The maximum Gasteiger partial charge on any atom is 0.255 e. The summed E-state index contributed by atoms with van der Waals surface area (Å²) in [7, 11) is 0. The number of fused-ring (bicyclic) bond motifs is 1. The van der Waals surface area contributed by atoms with Crippen molar-refractivity contribution in [2.24, 2.45) is 0 Å². The van der Waals surface area contributed by atoms with Crippen molar-refractivity contribution in [1.82, 2.24) is 19.8 Å². The number of hydrogen-bond donors (Lipinski definition) is 0. The smallest absolute Gasteiger partial charge is 0.255 e. The van der Waals surface area contributed by atoms with Gasteiger partial charge in [0.05, 0.1) is 29.5 Å². The van der Waals surface area contributed by atoms with Crippen LogP contribution in [-0.2, 0) is 12.0 Å². The van der Waals surface area contributed by atoms with E-state index in [2.05, 4.69) is 35.6 Å². The predicted molar refractivity (Wildman–Crippen MR) is 117 cm³/mol. The van der Waals surface area contributed by atoms with Crippen LogP contribution in [0.15, 0.2) is 40.9 Å². The monoisotopic (exact) mass is 406 g/mol. The van der Waals surface area contributed by atoms with Gasteiger partial charge in [-0.25, -0.2) is 4.98 Å². The Morgan fingerprint density at radius 2 is 1.93 bits per heavy atom. The molecule has 1 aliphatic heterocycles. The van der Waals surface area contributed by atoms with Crippen molar-refractivity contribution in [3.63, 3.8) is 0 Å². The Hall–Kier alpha value is -2.73. The molecule has 1 fully saturated rings. The quantitative estimate of drug-likeness (QED) is 0.653. The van der Waals surface area contributed by atoms with Crippen molar-refractivity contribution in [3.8, 4) is 0 Å². The summed E-state index contributed by atoms with van der Waals surface area (Å²) in [6.07, 6.45) is 2.76. The summed E-state index contributed by atoms with van der Waals surface area (Å²) in [6.45, 7) is 12.1. The summed E-state index contributed by atoms with van der Waals surface area (Å²) in [5.41, 5.74) is 2.37. The highest BCUT2D eigenvalue weighted by atomic mass is 16.4. The first-order chi connectivity index (χ1) is 14.3. The molecule has 1 aromatic carbocycles. The van der Waals surface area contributed by atoms with Crippen LogP contribution in [0.2, 0.25) is 0 Å². The molecule has 0 saturated carbocycles. The average molecular weight is 407 g/mol. The Kier molecular flexibility index (Phi) is 5.60. The van der Waals surface area contributed by atoms with Crippen LogP contribution in [0.1, 0.15) is 54.9 Å². The predicted octanol–water partition coefficient (Wildman–Crippen LogP) is 4.18.